The predicted molar refractivity (Wildman–Crippen MR) is 157 cm³/mol. The Kier molecular flexibility index (Phi) is 8.77. The monoisotopic (exact) mass is 580 g/mol. The van der Waals surface area contributed by atoms with Crippen LogP contribution in [0.15, 0.2) is 96.4 Å². The van der Waals surface area contributed by atoms with E-state index in [1.807, 2.05) is 19.9 Å². The summed E-state index contributed by atoms with van der Waals surface area (Å²) in [5.74, 6) is 0.744. The topological polar surface area (TPSA) is 113 Å². The predicted octanol–water partition coefficient (Wildman–Crippen LogP) is 6.64. The van der Waals surface area contributed by atoms with Crippen molar-refractivity contribution in [2.75, 3.05) is 13.2 Å². The summed E-state index contributed by atoms with van der Waals surface area (Å²) in [6, 6.07) is 25.2. The van der Waals surface area contributed by atoms with E-state index < -0.39 is 11.9 Å². The third-order valence-corrected chi connectivity index (χ3v) is 6.71. The van der Waals surface area contributed by atoms with Crippen molar-refractivity contribution in [3.8, 4) is 34.8 Å². The zero-order valence-corrected chi connectivity index (χ0v) is 23.6. The lowest BCUT2D eigenvalue weighted by Gasteiger charge is -2.27. The highest BCUT2D eigenvalue weighted by atomic mass is 19.1. The van der Waals surface area contributed by atoms with Gasteiger partial charge in [-0.1, -0.05) is 24.3 Å². The van der Waals surface area contributed by atoms with Gasteiger partial charge in [0, 0.05) is 11.6 Å². The summed E-state index contributed by atoms with van der Waals surface area (Å²) >= 11 is 0. The van der Waals surface area contributed by atoms with E-state index in [0.29, 0.717) is 47.3 Å². The van der Waals surface area contributed by atoms with Crippen molar-refractivity contribution >= 4 is 5.97 Å². The van der Waals surface area contributed by atoms with E-state index in [4.69, 9.17) is 29.4 Å². The molecule has 1 aliphatic heterocycles. The van der Waals surface area contributed by atoms with Crippen molar-refractivity contribution in [2.45, 2.75) is 26.4 Å². The molecule has 0 aromatic heterocycles. The summed E-state index contributed by atoms with van der Waals surface area (Å²) in [4.78, 5) is 12.8. The average Bonchev–Trinajstić information content (AvgIpc) is 3.01. The number of fused-ring (bicyclic) bond motifs is 1. The van der Waals surface area contributed by atoms with Gasteiger partial charge in [-0.3, -0.25) is 0 Å². The highest BCUT2D eigenvalue weighted by Gasteiger charge is 2.32. The normalized spacial score (nSPS) is 13.8. The molecule has 0 amide bonds. The first kappa shape index (κ1) is 29.0. The minimum Gasteiger partial charge on any atom is -0.494 e. The van der Waals surface area contributed by atoms with Crippen LogP contribution < -0.4 is 29.4 Å². The second-order valence-corrected chi connectivity index (χ2v) is 9.53. The fraction of sp³-hybridized carbons (Fsp3) is 0.176. The molecule has 1 unspecified atom stereocenters. The van der Waals surface area contributed by atoms with Crippen LogP contribution in [0.3, 0.4) is 0 Å². The Balaban J connectivity index is 1.41. The van der Waals surface area contributed by atoms with Crippen LogP contribution in [0.1, 0.15) is 46.8 Å². The number of hydrogen-bond donors (Lipinski definition) is 1. The van der Waals surface area contributed by atoms with Crippen molar-refractivity contribution < 1.29 is 32.9 Å². The SMILES string of the molecule is CCOc1ccc(C(=O)Oc2ccc3c(c2)OC(N)=C(C#N)C3c2ccc(OCc3ccc(F)cc3)c(OCC)c2)cc1. The van der Waals surface area contributed by atoms with Crippen molar-refractivity contribution in [2.24, 2.45) is 5.73 Å². The number of carbonyl (C=O) groups excluding carboxylic acids is 1. The van der Waals surface area contributed by atoms with E-state index in [0.717, 1.165) is 11.1 Å². The molecule has 9 heteroatoms. The number of benzene rings is 4. The van der Waals surface area contributed by atoms with Gasteiger partial charge < -0.3 is 29.4 Å². The molecule has 0 bridgehead atoms. The minimum atomic E-state index is -0.574. The number of rotatable bonds is 10. The number of nitrogens with zero attached hydrogens (tertiary/aromatic N) is 1. The van der Waals surface area contributed by atoms with Crippen LogP contribution in [-0.4, -0.2) is 19.2 Å². The lowest BCUT2D eigenvalue weighted by Crippen LogP contribution is -2.21. The van der Waals surface area contributed by atoms with Gasteiger partial charge in [-0.2, -0.15) is 5.26 Å². The van der Waals surface area contributed by atoms with Gasteiger partial charge in [-0.25, -0.2) is 9.18 Å². The molecule has 0 saturated heterocycles. The number of esters is 1. The maximum absolute atomic E-state index is 13.3. The van der Waals surface area contributed by atoms with Gasteiger partial charge in [0.25, 0.3) is 0 Å². The summed E-state index contributed by atoms with van der Waals surface area (Å²) in [7, 11) is 0. The van der Waals surface area contributed by atoms with Gasteiger partial charge in [-0.05, 0) is 79.6 Å². The molecular formula is C34H29FN2O6. The summed E-state index contributed by atoms with van der Waals surface area (Å²) in [6.45, 7) is 4.86. The zero-order chi connectivity index (χ0) is 30.3. The molecule has 0 spiro atoms. The second-order valence-electron chi connectivity index (χ2n) is 9.53. The van der Waals surface area contributed by atoms with Crippen molar-refractivity contribution in [3.05, 3.63) is 124 Å². The molecule has 1 heterocycles. The number of carbonyl (C=O) groups is 1. The van der Waals surface area contributed by atoms with Gasteiger partial charge in [0.2, 0.25) is 5.88 Å². The number of ether oxygens (including phenoxy) is 5. The van der Waals surface area contributed by atoms with Gasteiger partial charge >= 0.3 is 5.97 Å². The van der Waals surface area contributed by atoms with Gasteiger partial charge in [0.15, 0.2) is 11.5 Å². The lowest BCUT2D eigenvalue weighted by atomic mass is 9.83. The third kappa shape index (κ3) is 6.54. The van der Waals surface area contributed by atoms with Crippen molar-refractivity contribution in [1.82, 2.24) is 0 Å². The highest BCUT2D eigenvalue weighted by molar-refractivity contribution is 5.91. The Morgan fingerprint density at radius 2 is 1.60 bits per heavy atom. The van der Waals surface area contributed by atoms with Gasteiger partial charge in [0.1, 0.15) is 41.3 Å². The van der Waals surface area contributed by atoms with Crippen LogP contribution in [0.25, 0.3) is 0 Å². The Labute approximate surface area is 248 Å². The first-order valence-electron chi connectivity index (χ1n) is 13.7. The minimum absolute atomic E-state index is 0.0513. The van der Waals surface area contributed by atoms with Crippen LogP contribution >= 0.6 is 0 Å². The van der Waals surface area contributed by atoms with Crippen LogP contribution in [0.2, 0.25) is 0 Å². The fourth-order valence-electron chi connectivity index (χ4n) is 4.70. The zero-order valence-electron chi connectivity index (χ0n) is 23.6. The third-order valence-electron chi connectivity index (χ3n) is 6.71. The quantitative estimate of drug-likeness (QED) is 0.164. The Morgan fingerprint density at radius 3 is 2.30 bits per heavy atom. The molecule has 2 N–H and O–H groups in total. The summed E-state index contributed by atoms with van der Waals surface area (Å²) in [6.07, 6.45) is 0. The van der Waals surface area contributed by atoms with Crippen LogP contribution in [-0.2, 0) is 6.61 Å². The van der Waals surface area contributed by atoms with E-state index in [-0.39, 0.29) is 29.6 Å². The van der Waals surface area contributed by atoms with Crippen molar-refractivity contribution in [3.63, 3.8) is 0 Å². The molecule has 4 aromatic rings. The molecule has 8 nitrogen and oxygen atoms in total. The molecule has 5 rings (SSSR count). The van der Waals surface area contributed by atoms with Gasteiger partial charge in [-0.15, -0.1) is 0 Å². The molecule has 43 heavy (non-hydrogen) atoms. The molecule has 1 aliphatic rings. The first-order valence-corrected chi connectivity index (χ1v) is 13.7. The molecular weight excluding hydrogens is 551 g/mol. The molecule has 0 fully saturated rings. The Morgan fingerprint density at radius 1 is 0.884 bits per heavy atom. The van der Waals surface area contributed by atoms with Crippen LogP contribution in [0.4, 0.5) is 4.39 Å². The maximum Gasteiger partial charge on any atom is 0.343 e. The van der Waals surface area contributed by atoms with Crippen molar-refractivity contribution in [1.29, 1.82) is 5.26 Å². The molecule has 0 saturated carbocycles. The number of allylic oxidation sites excluding steroid dienone is 1. The number of halogens is 1. The summed E-state index contributed by atoms with van der Waals surface area (Å²) in [5.41, 5.74) is 8.97. The molecule has 0 aliphatic carbocycles. The van der Waals surface area contributed by atoms with E-state index in [9.17, 15) is 14.4 Å². The summed E-state index contributed by atoms with van der Waals surface area (Å²) in [5, 5.41) is 10.00. The molecule has 1 atom stereocenters. The molecule has 4 aromatic carbocycles. The average molecular weight is 581 g/mol. The molecule has 0 radical (unpaired) electrons. The maximum atomic E-state index is 13.3. The van der Waals surface area contributed by atoms with Crippen LogP contribution in [0.5, 0.6) is 28.7 Å². The summed E-state index contributed by atoms with van der Waals surface area (Å²) < 4.78 is 42.0. The Bertz CT molecular complexity index is 1690. The number of hydrogen-bond acceptors (Lipinski definition) is 8. The smallest absolute Gasteiger partial charge is 0.343 e. The van der Waals surface area contributed by atoms with E-state index in [1.54, 1.807) is 66.7 Å². The van der Waals surface area contributed by atoms with E-state index >= 15 is 0 Å². The van der Waals surface area contributed by atoms with Crippen LogP contribution in [0, 0.1) is 17.1 Å². The standard InChI is InChI=1S/C34H29FN2O6/c1-3-39-25-12-7-22(8-13-25)34(38)42-26-14-15-27-30(18-26)43-33(37)28(19-36)32(27)23-9-16-29(31(17-23)40-4-2)41-20-21-5-10-24(35)11-6-21/h5-18,32H,3-4,20,37H2,1-2H3. The lowest BCUT2D eigenvalue weighted by molar-refractivity contribution is 0.0734. The fourth-order valence-corrected chi connectivity index (χ4v) is 4.70. The van der Waals surface area contributed by atoms with Gasteiger partial charge in [0.05, 0.1) is 24.7 Å². The molecule has 218 valence electrons. The van der Waals surface area contributed by atoms with E-state index in [1.165, 1.54) is 12.1 Å². The Hall–Kier alpha value is -5.49. The number of nitrogens with two attached hydrogens (primary N) is 1. The second kappa shape index (κ2) is 13.0. The highest BCUT2D eigenvalue weighted by Crippen LogP contribution is 2.45. The van der Waals surface area contributed by atoms with E-state index in [2.05, 4.69) is 6.07 Å². The first-order chi connectivity index (χ1) is 20.9. The largest absolute Gasteiger partial charge is 0.494 e. The number of nitriles is 1.